The number of likely N-dealkylation sites (tertiary alicyclic amines) is 1. The molecule has 1 aliphatic heterocycles. The molecular formula is C17H28N2O2. The van der Waals surface area contributed by atoms with Crippen molar-refractivity contribution < 1.29 is 9.84 Å². The maximum atomic E-state index is 9.74. The molecule has 0 spiro atoms. The molecule has 1 aromatic carbocycles. The van der Waals surface area contributed by atoms with Gasteiger partial charge in [-0.15, -0.1) is 0 Å². The van der Waals surface area contributed by atoms with E-state index >= 15 is 0 Å². The molecule has 1 fully saturated rings. The lowest BCUT2D eigenvalue weighted by Gasteiger charge is -2.35. The van der Waals surface area contributed by atoms with Gasteiger partial charge in [0, 0.05) is 20.2 Å². The molecule has 0 amide bonds. The van der Waals surface area contributed by atoms with Gasteiger partial charge in [-0.25, -0.2) is 0 Å². The van der Waals surface area contributed by atoms with E-state index in [9.17, 15) is 5.11 Å². The van der Waals surface area contributed by atoms with Crippen molar-refractivity contribution in [2.75, 3.05) is 40.0 Å². The Labute approximate surface area is 127 Å². The van der Waals surface area contributed by atoms with E-state index in [2.05, 4.69) is 4.90 Å². The summed E-state index contributed by atoms with van der Waals surface area (Å²) in [6.45, 7) is 3.93. The molecule has 3 N–H and O–H groups in total. The van der Waals surface area contributed by atoms with Crippen LogP contribution in [-0.4, -0.2) is 50.0 Å². The molecule has 118 valence electrons. The molecule has 21 heavy (non-hydrogen) atoms. The van der Waals surface area contributed by atoms with Gasteiger partial charge in [0.25, 0.3) is 0 Å². The van der Waals surface area contributed by atoms with E-state index in [1.165, 1.54) is 12.8 Å². The quantitative estimate of drug-likeness (QED) is 0.801. The second-order valence-corrected chi connectivity index (χ2v) is 6.19. The van der Waals surface area contributed by atoms with Gasteiger partial charge in [0.15, 0.2) is 0 Å². The van der Waals surface area contributed by atoms with Crippen molar-refractivity contribution >= 4 is 0 Å². The summed E-state index contributed by atoms with van der Waals surface area (Å²) in [5.74, 6) is 0.627. The summed E-state index contributed by atoms with van der Waals surface area (Å²) in [4.78, 5) is 2.45. The zero-order valence-corrected chi connectivity index (χ0v) is 13.0. The Morgan fingerprint density at radius 2 is 2.14 bits per heavy atom. The predicted octanol–water partition coefficient (Wildman–Crippen LogP) is 1.58. The predicted molar refractivity (Wildman–Crippen MR) is 85.1 cm³/mol. The van der Waals surface area contributed by atoms with Crippen molar-refractivity contribution in [2.24, 2.45) is 11.7 Å². The van der Waals surface area contributed by atoms with Crippen LogP contribution in [0.5, 0.6) is 0 Å². The lowest BCUT2D eigenvalue weighted by Crippen LogP contribution is -2.45. The van der Waals surface area contributed by atoms with Crippen molar-refractivity contribution in [1.82, 2.24) is 4.90 Å². The van der Waals surface area contributed by atoms with E-state index < -0.39 is 5.54 Å². The van der Waals surface area contributed by atoms with Crippen LogP contribution in [0.15, 0.2) is 30.3 Å². The van der Waals surface area contributed by atoms with E-state index in [-0.39, 0.29) is 6.61 Å². The molecular weight excluding hydrogens is 264 g/mol. The molecule has 0 saturated carbocycles. The number of hydrogen-bond acceptors (Lipinski definition) is 4. The van der Waals surface area contributed by atoms with Gasteiger partial charge >= 0.3 is 0 Å². The molecule has 0 aliphatic carbocycles. The lowest BCUT2D eigenvalue weighted by molar-refractivity contribution is 0.0820. The number of nitrogens with zero attached hydrogens (tertiary/aromatic N) is 1. The summed E-state index contributed by atoms with van der Waals surface area (Å²) in [6, 6.07) is 9.92. The zero-order valence-electron chi connectivity index (χ0n) is 13.0. The summed E-state index contributed by atoms with van der Waals surface area (Å²) < 4.78 is 5.27. The van der Waals surface area contributed by atoms with Gasteiger partial charge in [0.2, 0.25) is 0 Å². The fraction of sp³-hybridized carbons (Fsp3) is 0.647. The first-order chi connectivity index (χ1) is 10.2. The van der Waals surface area contributed by atoms with Crippen molar-refractivity contribution in [3.8, 4) is 0 Å². The Bertz CT molecular complexity index is 411. The SMILES string of the molecule is COCC1CCCN(CCC(N)(CO)c2ccccc2)C1. The Balaban J connectivity index is 1.91. The Morgan fingerprint density at radius 1 is 1.38 bits per heavy atom. The van der Waals surface area contributed by atoms with Crippen LogP contribution in [0, 0.1) is 5.92 Å². The number of benzene rings is 1. The minimum absolute atomic E-state index is 0.0215. The van der Waals surface area contributed by atoms with Gasteiger partial charge in [-0.05, 0) is 37.3 Å². The fourth-order valence-electron chi connectivity index (χ4n) is 3.17. The van der Waals surface area contributed by atoms with Crippen LogP contribution in [0.3, 0.4) is 0 Å². The normalized spacial score (nSPS) is 22.9. The second kappa shape index (κ2) is 7.90. The first kappa shape index (κ1) is 16.4. The number of ether oxygens (including phenoxy) is 1. The van der Waals surface area contributed by atoms with E-state index in [1.807, 2.05) is 30.3 Å². The van der Waals surface area contributed by atoms with Gasteiger partial charge in [0.1, 0.15) is 0 Å². The third-order valence-corrected chi connectivity index (χ3v) is 4.51. The van der Waals surface area contributed by atoms with Gasteiger partial charge in [-0.1, -0.05) is 30.3 Å². The summed E-state index contributed by atoms with van der Waals surface area (Å²) in [5, 5.41) is 9.74. The average Bonchev–Trinajstić information content (AvgIpc) is 2.54. The number of piperidine rings is 1. The summed E-state index contributed by atoms with van der Waals surface area (Å²) >= 11 is 0. The smallest absolute Gasteiger partial charge is 0.0656 e. The molecule has 4 nitrogen and oxygen atoms in total. The van der Waals surface area contributed by atoms with Crippen LogP contribution in [-0.2, 0) is 10.3 Å². The van der Waals surface area contributed by atoms with E-state index in [0.717, 1.165) is 38.2 Å². The van der Waals surface area contributed by atoms with Crippen LogP contribution in [0.2, 0.25) is 0 Å². The third-order valence-electron chi connectivity index (χ3n) is 4.51. The molecule has 1 aromatic rings. The Morgan fingerprint density at radius 3 is 2.81 bits per heavy atom. The van der Waals surface area contributed by atoms with Gasteiger partial charge < -0.3 is 20.5 Å². The highest BCUT2D eigenvalue weighted by molar-refractivity contribution is 5.24. The van der Waals surface area contributed by atoms with Crippen LogP contribution >= 0.6 is 0 Å². The fourth-order valence-corrected chi connectivity index (χ4v) is 3.17. The third kappa shape index (κ3) is 4.51. The molecule has 1 aliphatic rings. The lowest BCUT2D eigenvalue weighted by atomic mass is 9.88. The molecule has 0 aromatic heterocycles. The highest BCUT2D eigenvalue weighted by atomic mass is 16.5. The van der Waals surface area contributed by atoms with Crippen LogP contribution < -0.4 is 5.73 Å². The first-order valence-electron chi connectivity index (χ1n) is 7.84. The minimum atomic E-state index is -0.643. The van der Waals surface area contributed by atoms with E-state index in [4.69, 9.17) is 10.5 Å². The maximum Gasteiger partial charge on any atom is 0.0656 e. The highest BCUT2D eigenvalue weighted by Gasteiger charge is 2.28. The topological polar surface area (TPSA) is 58.7 Å². The zero-order chi connectivity index (χ0) is 15.1. The van der Waals surface area contributed by atoms with Gasteiger partial charge in [0.05, 0.1) is 18.8 Å². The van der Waals surface area contributed by atoms with Crippen LogP contribution in [0.4, 0.5) is 0 Å². The largest absolute Gasteiger partial charge is 0.394 e. The van der Waals surface area contributed by atoms with E-state index in [0.29, 0.717) is 5.92 Å². The van der Waals surface area contributed by atoms with Gasteiger partial charge in [-0.2, -0.15) is 0 Å². The molecule has 2 atom stereocenters. The van der Waals surface area contributed by atoms with Crippen LogP contribution in [0.25, 0.3) is 0 Å². The Kier molecular flexibility index (Phi) is 6.18. The molecule has 2 unspecified atom stereocenters. The molecule has 1 heterocycles. The molecule has 1 saturated heterocycles. The summed E-state index contributed by atoms with van der Waals surface area (Å²) in [6.07, 6.45) is 3.24. The van der Waals surface area contributed by atoms with E-state index in [1.54, 1.807) is 7.11 Å². The number of rotatable bonds is 7. The number of aliphatic hydroxyl groups is 1. The highest BCUT2D eigenvalue weighted by Crippen LogP contribution is 2.24. The van der Waals surface area contributed by atoms with Crippen molar-refractivity contribution in [1.29, 1.82) is 0 Å². The Hall–Kier alpha value is -0.940. The minimum Gasteiger partial charge on any atom is -0.394 e. The number of aliphatic hydroxyl groups excluding tert-OH is 1. The number of hydrogen-bond donors (Lipinski definition) is 2. The number of methoxy groups -OCH3 is 1. The van der Waals surface area contributed by atoms with Crippen molar-refractivity contribution in [3.05, 3.63) is 35.9 Å². The standard InChI is InChI=1S/C17H28N2O2/c1-21-13-15-6-5-10-19(12-15)11-9-17(18,14-20)16-7-3-2-4-8-16/h2-4,7-8,15,20H,5-6,9-14,18H2,1H3. The van der Waals surface area contributed by atoms with Crippen LogP contribution in [0.1, 0.15) is 24.8 Å². The van der Waals surface area contributed by atoms with Crippen molar-refractivity contribution in [3.63, 3.8) is 0 Å². The molecule has 0 bridgehead atoms. The summed E-state index contributed by atoms with van der Waals surface area (Å²) in [5.41, 5.74) is 6.80. The first-order valence-corrected chi connectivity index (χ1v) is 7.84. The monoisotopic (exact) mass is 292 g/mol. The molecule has 2 rings (SSSR count). The maximum absolute atomic E-state index is 9.74. The average molecular weight is 292 g/mol. The van der Waals surface area contributed by atoms with Crippen molar-refractivity contribution in [2.45, 2.75) is 24.8 Å². The molecule has 0 radical (unpaired) electrons. The van der Waals surface area contributed by atoms with Gasteiger partial charge in [-0.3, -0.25) is 0 Å². The molecule has 4 heteroatoms. The summed E-state index contributed by atoms with van der Waals surface area (Å²) in [7, 11) is 1.77. The second-order valence-electron chi connectivity index (χ2n) is 6.19. The number of nitrogens with two attached hydrogens (primary N) is 1.